The lowest BCUT2D eigenvalue weighted by Crippen LogP contribution is -2.40. The van der Waals surface area contributed by atoms with Gasteiger partial charge in [-0.1, -0.05) is 23.7 Å². The zero-order valence-electron chi connectivity index (χ0n) is 12.7. The molecule has 1 N–H and O–H groups in total. The van der Waals surface area contributed by atoms with Crippen molar-refractivity contribution in [1.29, 1.82) is 0 Å². The summed E-state index contributed by atoms with van der Waals surface area (Å²) in [6.45, 7) is 6.20. The van der Waals surface area contributed by atoms with Crippen LogP contribution in [0.25, 0.3) is 0 Å². The largest absolute Gasteiger partial charge is 0.357 e. The van der Waals surface area contributed by atoms with Crippen molar-refractivity contribution < 1.29 is 0 Å². The second-order valence-electron chi connectivity index (χ2n) is 6.15. The van der Waals surface area contributed by atoms with Crippen LogP contribution < -0.4 is 5.32 Å². The van der Waals surface area contributed by atoms with Gasteiger partial charge in [0.2, 0.25) is 0 Å². The van der Waals surface area contributed by atoms with Gasteiger partial charge in [-0.3, -0.25) is 4.99 Å². The first-order valence-electron chi connectivity index (χ1n) is 8.03. The maximum Gasteiger partial charge on any atom is 0.193 e. The van der Waals surface area contributed by atoms with Crippen molar-refractivity contribution >= 4 is 17.6 Å². The molecular formula is C17H24ClN3. The smallest absolute Gasteiger partial charge is 0.193 e. The van der Waals surface area contributed by atoms with Crippen LogP contribution in [0, 0.1) is 0 Å². The Morgan fingerprint density at radius 3 is 2.71 bits per heavy atom. The first-order valence-corrected chi connectivity index (χ1v) is 8.41. The molecule has 0 radical (unpaired) electrons. The Morgan fingerprint density at radius 1 is 1.33 bits per heavy atom. The number of nitrogens with one attached hydrogen (secondary N) is 1. The Bertz CT molecular complexity index is 517. The third-order valence-corrected chi connectivity index (χ3v) is 4.80. The fourth-order valence-electron chi connectivity index (χ4n) is 3.09. The van der Waals surface area contributed by atoms with Gasteiger partial charge in [0.25, 0.3) is 0 Å². The monoisotopic (exact) mass is 305 g/mol. The second kappa shape index (κ2) is 6.27. The quantitative estimate of drug-likeness (QED) is 0.682. The molecule has 1 aromatic carbocycles. The molecular weight excluding hydrogens is 282 g/mol. The van der Waals surface area contributed by atoms with Gasteiger partial charge in [0.1, 0.15) is 0 Å². The summed E-state index contributed by atoms with van der Waals surface area (Å²) in [5.74, 6) is 1.09. The molecule has 114 valence electrons. The number of aliphatic imine (C=N–C) groups is 1. The first kappa shape index (κ1) is 14.7. The molecule has 0 unspecified atom stereocenters. The van der Waals surface area contributed by atoms with Crippen LogP contribution in [0.1, 0.15) is 38.2 Å². The highest BCUT2D eigenvalue weighted by Gasteiger charge is 2.44. The Morgan fingerprint density at radius 2 is 2.10 bits per heavy atom. The van der Waals surface area contributed by atoms with Crippen LogP contribution in [-0.4, -0.2) is 37.0 Å². The van der Waals surface area contributed by atoms with Crippen molar-refractivity contribution in [2.45, 2.75) is 38.0 Å². The number of nitrogens with zero attached hydrogens (tertiary/aromatic N) is 2. The van der Waals surface area contributed by atoms with Crippen molar-refractivity contribution in [1.82, 2.24) is 10.2 Å². The van der Waals surface area contributed by atoms with Crippen LogP contribution in [0.3, 0.4) is 0 Å². The van der Waals surface area contributed by atoms with Crippen molar-refractivity contribution in [3.8, 4) is 0 Å². The zero-order chi connectivity index (χ0) is 14.7. The number of guanidine groups is 1. The number of benzene rings is 1. The van der Waals surface area contributed by atoms with Crippen LogP contribution in [-0.2, 0) is 5.41 Å². The number of hydrogen-bond donors (Lipinski definition) is 1. The molecule has 3 nitrogen and oxygen atoms in total. The van der Waals surface area contributed by atoms with Gasteiger partial charge in [-0.25, -0.2) is 0 Å². The van der Waals surface area contributed by atoms with Crippen LogP contribution in [0.2, 0.25) is 5.02 Å². The topological polar surface area (TPSA) is 27.6 Å². The molecule has 1 heterocycles. The zero-order valence-corrected chi connectivity index (χ0v) is 13.5. The minimum absolute atomic E-state index is 0.227. The molecule has 2 aliphatic rings. The Labute approximate surface area is 132 Å². The normalized spacial score (nSPS) is 20.7. The van der Waals surface area contributed by atoms with Gasteiger partial charge in [-0.15, -0.1) is 0 Å². The molecule has 0 atom stereocenters. The van der Waals surface area contributed by atoms with E-state index in [1.807, 2.05) is 12.1 Å². The maximum absolute atomic E-state index is 6.14. The third-order valence-electron chi connectivity index (χ3n) is 4.56. The Hall–Kier alpha value is -1.22. The average molecular weight is 306 g/mol. The molecule has 0 amide bonds. The lowest BCUT2D eigenvalue weighted by Gasteiger charge is -2.22. The van der Waals surface area contributed by atoms with Crippen molar-refractivity contribution in [3.05, 3.63) is 34.9 Å². The molecule has 1 aromatic rings. The molecule has 0 spiro atoms. The molecule has 1 aliphatic heterocycles. The lowest BCUT2D eigenvalue weighted by atomic mass is 9.96. The van der Waals surface area contributed by atoms with Crippen LogP contribution in [0.4, 0.5) is 0 Å². The average Bonchev–Trinajstić information content (AvgIpc) is 3.08. The van der Waals surface area contributed by atoms with Crippen LogP contribution in [0.5, 0.6) is 0 Å². The van der Waals surface area contributed by atoms with Gasteiger partial charge in [-0.2, -0.15) is 0 Å². The summed E-state index contributed by atoms with van der Waals surface area (Å²) in [6, 6.07) is 8.29. The van der Waals surface area contributed by atoms with E-state index >= 15 is 0 Å². The first-order chi connectivity index (χ1) is 10.2. The molecule has 3 rings (SSSR count). The molecule has 4 heteroatoms. The highest BCUT2D eigenvalue weighted by molar-refractivity contribution is 6.30. The van der Waals surface area contributed by atoms with E-state index in [9.17, 15) is 0 Å². The molecule has 1 aliphatic carbocycles. The van der Waals surface area contributed by atoms with E-state index in [4.69, 9.17) is 16.6 Å². The maximum atomic E-state index is 6.14. The predicted octanol–water partition coefficient (Wildman–Crippen LogP) is 3.43. The summed E-state index contributed by atoms with van der Waals surface area (Å²) in [6.07, 6.45) is 5.00. The van der Waals surface area contributed by atoms with Crippen molar-refractivity contribution in [3.63, 3.8) is 0 Å². The van der Waals surface area contributed by atoms with E-state index in [0.29, 0.717) is 0 Å². The second-order valence-corrected chi connectivity index (χ2v) is 6.59. The van der Waals surface area contributed by atoms with Gasteiger partial charge in [-0.05, 0) is 50.3 Å². The van der Waals surface area contributed by atoms with E-state index in [-0.39, 0.29) is 5.41 Å². The van der Waals surface area contributed by atoms with E-state index in [0.717, 1.165) is 37.2 Å². The third kappa shape index (κ3) is 3.34. The number of hydrogen-bond acceptors (Lipinski definition) is 1. The highest BCUT2D eigenvalue weighted by atomic mass is 35.5. The molecule has 0 aromatic heterocycles. The summed E-state index contributed by atoms with van der Waals surface area (Å²) in [4.78, 5) is 7.31. The molecule has 2 fully saturated rings. The van der Waals surface area contributed by atoms with E-state index in [1.54, 1.807) is 0 Å². The lowest BCUT2D eigenvalue weighted by molar-refractivity contribution is 0.491. The van der Waals surface area contributed by atoms with Gasteiger partial charge in [0.15, 0.2) is 5.96 Å². The van der Waals surface area contributed by atoms with E-state index in [2.05, 4.69) is 29.3 Å². The van der Waals surface area contributed by atoms with E-state index < -0.39 is 0 Å². The van der Waals surface area contributed by atoms with Crippen molar-refractivity contribution in [2.75, 3.05) is 26.2 Å². The van der Waals surface area contributed by atoms with Crippen LogP contribution in [0.15, 0.2) is 29.3 Å². The fraction of sp³-hybridized carbons (Fsp3) is 0.588. The SMILES string of the molecule is CCNC(=NCC1(c2cccc(Cl)c2)CC1)N1CCCC1. The number of halogens is 1. The number of rotatable bonds is 4. The standard InChI is InChI=1S/C17H24ClN3/c1-2-19-16(21-10-3-4-11-21)20-13-17(8-9-17)14-6-5-7-15(18)12-14/h5-7,12H,2-4,8-11,13H2,1H3,(H,19,20). The van der Waals surface area contributed by atoms with Crippen molar-refractivity contribution in [2.24, 2.45) is 4.99 Å². The van der Waals surface area contributed by atoms with Gasteiger partial charge in [0.05, 0.1) is 6.54 Å². The molecule has 1 saturated heterocycles. The highest BCUT2D eigenvalue weighted by Crippen LogP contribution is 2.48. The summed E-state index contributed by atoms with van der Waals surface area (Å²) in [5.41, 5.74) is 1.57. The van der Waals surface area contributed by atoms with Gasteiger partial charge in [0, 0.05) is 30.1 Å². The summed E-state index contributed by atoms with van der Waals surface area (Å²) < 4.78 is 0. The minimum atomic E-state index is 0.227. The number of likely N-dealkylation sites (tertiary alicyclic amines) is 1. The fourth-order valence-corrected chi connectivity index (χ4v) is 3.28. The molecule has 0 bridgehead atoms. The minimum Gasteiger partial charge on any atom is -0.357 e. The summed E-state index contributed by atoms with van der Waals surface area (Å²) >= 11 is 6.14. The Balaban J connectivity index is 1.73. The summed E-state index contributed by atoms with van der Waals surface area (Å²) in [5, 5.41) is 4.27. The van der Waals surface area contributed by atoms with E-state index in [1.165, 1.54) is 31.2 Å². The Kier molecular flexibility index (Phi) is 4.39. The van der Waals surface area contributed by atoms with Gasteiger partial charge < -0.3 is 10.2 Å². The summed E-state index contributed by atoms with van der Waals surface area (Å²) in [7, 11) is 0. The molecule has 1 saturated carbocycles. The van der Waals surface area contributed by atoms with Gasteiger partial charge >= 0.3 is 0 Å². The van der Waals surface area contributed by atoms with Crippen LogP contribution >= 0.6 is 11.6 Å². The predicted molar refractivity (Wildman–Crippen MR) is 89.1 cm³/mol. The molecule has 21 heavy (non-hydrogen) atoms.